The van der Waals surface area contributed by atoms with Gasteiger partial charge in [0.25, 0.3) is 0 Å². The smallest absolute Gasteiger partial charge is 0.247 e. The Morgan fingerprint density at radius 3 is 2.57 bits per heavy atom. The van der Waals surface area contributed by atoms with Crippen LogP contribution in [0.4, 0.5) is 4.39 Å². The van der Waals surface area contributed by atoms with E-state index in [4.69, 9.17) is 4.42 Å². The van der Waals surface area contributed by atoms with Gasteiger partial charge in [-0.2, -0.15) is 0 Å². The van der Waals surface area contributed by atoms with Crippen molar-refractivity contribution in [3.63, 3.8) is 0 Å². The van der Waals surface area contributed by atoms with E-state index in [9.17, 15) is 4.39 Å². The standard InChI is InChI=1S/C15H10BrFN2OS/c16-11-7-5-10(6-8-11)15-19-18-14(20-15)9-21-13-4-2-1-3-12(13)17/h1-8H,9H2. The zero-order valence-electron chi connectivity index (χ0n) is 10.8. The molecule has 0 radical (unpaired) electrons. The predicted octanol–water partition coefficient (Wildman–Crippen LogP) is 4.93. The molecule has 3 aromatic rings. The maximum absolute atomic E-state index is 13.5. The van der Waals surface area contributed by atoms with Gasteiger partial charge in [0, 0.05) is 14.9 Å². The summed E-state index contributed by atoms with van der Waals surface area (Å²) in [5.41, 5.74) is 0.854. The number of rotatable bonds is 4. The van der Waals surface area contributed by atoms with Crippen molar-refractivity contribution in [2.24, 2.45) is 0 Å². The van der Waals surface area contributed by atoms with Gasteiger partial charge >= 0.3 is 0 Å². The molecule has 3 nitrogen and oxygen atoms in total. The third kappa shape index (κ3) is 3.51. The average Bonchev–Trinajstić information content (AvgIpc) is 2.96. The highest BCUT2D eigenvalue weighted by atomic mass is 79.9. The highest BCUT2D eigenvalue weighted by molar-refractivity contribution is 9.10. The topological polar surface area (TPSA) is 38.9 Å². The van der Waals surface area contributed by atoms with Crippen LogP contribution in [0.1, 0.15) is 5.89 Å². The van der Waals surface area contributed by atoms with Crippen LogP contribution >= 0.6 is 27.7 Å². The molecule has 0 bridgehead atoms. The molecule has 0 atom stereocenters. The van der Waals surface area contributed by atoms with E-state index in [2.05, 4.69) is 26.1 Å². The van der Waals surface area contributed by atoms with E-state index in [1.165, 1.54) is 17.8 Å². The van der Waals surface area contributed by atoms with Crippen molar-refractivity contribution in [1.82, 2.24) is 10.2 Å². The van der Waals surface area contributed by atoms with Gasteiger partial charge in [0.05, 0.1) is 5.75 Å². The van der Waals surface area contributed by atoms with Crippen LogP contribution in [-0.4, -0.2) is 10.2 Å². The summed E-state index contributed by atoms with van der Waals surface area (Å²) < 4.78 is 20.1. The van der Waals surface area contributed by atoms with E-state index >= 15 is 0 Å². The van der Waals surface area contributed by atoms with Crippen LogP contribution < -0.4 is 0 Å². The Morgan fingerprint density at radius 1 is 1.05 bits per heavy atom. The van der Waals surface area contributed by atoms with Crippen LogP contribution in [-0.2, 0) is 5.75 Å². The molecule has 1 aromatic heterocycles. The van der Waals surface area contributed by atoms with Crippen LogP contribution in [0.3, 0.4) is 0 Å². The van der Waals surface area contributed by atoms with Crippen LogP contribution in [0.25, 0.3) is 11.5 Å². The fraction of sp³-hybridized carbons (Fsp3) is 0.0667. The van der Waals surface area contributed by atoms with E-state index < -0.39 is 0 Å². The molecule has 106 valence electrons. The Hall–Kier alpha value is -1.66. The number of nitrogens with zero attached hydrogens (tertiary/aromatic N) is 2. The molecule has 0 aliphatic rings. The minimum Gasteiger partial charge on any atom is -0.420 e. The van der Waals surface area contributed by atoms with Crippen molar-refractivity contribution in [2.75, 3.05) is 0 Å². The molecule has 0 aliphatic heterocycles. The van der Waals surface area contributed by atoms with Crippen LogP contribution in [0.2, 0.25) is 0 Å². The normalized spacial score (nSPS) is 10.8. The lowest BCUT2D eigenvalue weighted by Gasteiger charge is -1.99. The second kappa shape index (κ2) is 6.41. The van der Waals surface area contributed by atoms with E-state index in [-0.39, 0.29) is 5.82 Å². The maximum Gasteiger partial charge on any atom is 0.247 e. The summed E-state index contributed by atoms with van der Waals surface area (Å²) in [7, 11) is 0. The molecule has 21 heavy (non-hydrogen) atoms. The molecule has 0 saturated carbocycles. The number of hydrogen-bond acceptors (Lipinski definition) is 4. The highest BCUT2D eigenvalue weighted by Gasteiger charge is 2.10. The fourth-order valence-electron chi connectivity index (χ4n) is 1.72. The van der Waals surface area contributed by atoms with Crippen molar-refractivity contribution >= 4 is 27.7 Å². The zero-order chi connectivity index (χ0) is 14.7. The van der Waals surface area contributed by atoms with Gasteiger partial charge in [-0.1, -0.05) is 28.1 Å². The second-order valence-corrected chi connectivity index (χ2v) is 6.16. The lowest BCUT2D eigenvalue weighted by Crippen LogP contribution is -1.83. The molecule has 0 aliphatic carbocycles. The van der Waals surface area contributed by atoms with Crippen molar-refractivity contribution in [3.05, 3.63) is 64.7 Å². The van der Waals surface area contributed by atoms with Gasteiger partial charge in [-0.05, 0) is 36.4 Å². The third-order valence-electron chi connectivity index (χ3n) is 2.75. The molecular formula is C15H10BrFN2OS. The molecule has 0 saturated heterocycles. The molecule has 0 fully saturated rings. The Labute approximate surface area is 133 Å². The molecule has 6 heteroatoms. The Bertz CT molecular complexity index is 745. The summed E-state index contributed by atoms with van der Waals surface area (Å²) in [5.74, 6) is 1.13. The van der Waals surface area contributed by atoms with Gasteiger partial charge in [0.2, 0.25) is 11.8 Å². The average molecular weight is 365 g/mol. The van der Waals surface area contributed by atoms with E-state index in [0.717, 1.165) is 10.0 Å². The molecule has 3 rings (SSSR count). The Balaban J connectivity index is 1.71. The van der Waals surface area contributed by atoms with Gasteiger partial charge < -0.3 is 4.42 Å². The SMILES string of the molecule is Fc1ccccc1SCc1nnc(-c2ccc(Br)cc2)o1. The van der Waals surface area contributed by atoms with Gasteiger partial charge in [-0.25, -0.2) is 4.39 Å². The summed E-state index contributed by atoms with van der Waals surface area (Å²) in [4.78, 5) is 0.570. The summed E-state index contributed by atoms with van der Waals surface area (Å²) in [6, 6.07) is 14.2. The first-order chi connectivity index (χ1) is 10.2. The molecule has 1 heterocycles. The quantitative estimate of drug-likeness (QED) is 0.615. The number of thioether (sulfide) groups is 1. The lowest BCUT2D eigenvalue weighted by atomic mass is 10.2. The fourth-order valence-corrected chi connectivity index (χ4v) is 2.76. The molecule has 0 amide bonds. The van der Waals surface area contributed by atoms with Gasteiger partial charge in [-0.15, -0.1) is 22.0 Å². The van der Waals surface area contributed by atoms with Gasteiger partial charge in [-0.3, -0.25) is 0 Å². The molecule has 0 unspecified atom stereocenters. The summed E-state index contributed by atoms with van der Waals surface area (Å²) >= 11 is 4.71. The van der Waals surface area contributed by atoms with Crippen molar-refractivity contribution in [3.8, 4) is 11.5 Å². The first kappa shape index (κ1) is 14.3. The minimum atomic E-state index is -0.241. The van der Waals surface area contributed by atoms with Gasteiger partial charge in [0.1, 0.15) is 5.82 Å². The molecular weight excluding hydrogens is 355 g/mol. The zero-order valence-corrected chi connectivity index (χ0v) is 13.2. The van der Waals surface area contributed by atoms with Crippen molar-refractivity contribution in [2.45, 2.75) is 10.6 Å². The van der Waals surface area contributed by atoms with E-state index in [1.807, 2.05) is 24.3 Å². The highest BCUT2D eigenvalue weighted by Crippen LogP contribution is 2.26. The first-order valence-electron chi connectivity index (χ1n) is 6.18. The molecule has 0 spiro atoms. The van der Waals surface area contributed by atoms with Crippen molar-refractivity contribution in [1.29, 1.82) is 0 Å². The van der Waals surface area contributed by atoms with E-state index in [1.54, 1.807) is 18.2 Å². The van der Waals surface area contributed by atoms with Crippen LogP contribution in [0.5, 0.6) is 0 Å². The molecule has 2 aromatic carbocycles. The molecule has 0 N–H and O–H groups in total. The predicted molar refractivity (Wildman–Crippen MR) is 83.4 cm³/mol. The van der Waals surface area contributed by atoms with Crippen molar-refractivity contribution < 1.29 is 8.81 Å². The van der Waals surface area contributed by atoms with Crippen LogP contribution in [0, 0.1) is 5.82 Å². The summed E-state index contributed by atoms with van der Waals surface area (Å²) in [5, 5.41) is 8.00. The number of hydrogen-bond donors (Lipinski definition) is 0. The second-order valence-electron chi connectivity index (χ2n) is 4.23. The number of aromatic nitrogens is 2. The minimum absolute atomic E-state index is 0.241. The monoisotopic (exact) mass is 364 g/mol. The number of benzene rings is 2. The Kier molecular flexibility index (Phi) is 4.36. The summed E-state index contributed by atoms with van der Waals surface area (Å²) in [6.07, 6.45) is 0. The first-order valence-corrected chi connectivity index (χ1v) is 7.96. The third-order valence-corrected chi connectivity index (χ3v) is 4.31. The van der Waals surface area contributed by atoms with Crippen LogP contribution in [0.15, 0.2) is 62.3 Å². The largest absolute Gasteiger partial charge is 0.420 e. The maximum atomic E-state index is 13.5. The van der Waals surface area contributed by atoms with Gasteiger partial charge in [0.15, 0.2) is 0 Å². The lowest BCUT2D eigenvalue weighted by molar-refractivity contribution is 0.528. The number of halogens is 2. The summed E-state index contributed by atoms with van der Waals surface area (Å²) in [6.45, 7) is 0. The van der Waals surface area contributed by atoms with E-state index in [0.29, 0.717) is 22.4 Å². The Morgan fingerprint density at radius 2 is 1.81 bits per heavy atom.